The van der Waals surface area contributed by atoms with Crippen molar-refractivity contribution in [3.8, 4) is 11.4 Å². The molecule has 0 atom stereocenters. The van der Waals surface area contributed by atoms with E-state index < -0.39 is 0 Å². The van der Waals surface area contributed by atoms with Crippen molar-refractivity contribution in [1.29, 1.82) is 0 Å². The van der Waals surface area contributed by atoms with E-state index >= 15 is 0 Å². The Bertz CT molecular complexity index is 908. The Kier molecular flexibility index (Phi) is 5.06. The molecule has 0 bridgehead atoms. The SMILES string of the molecule is CC(C)Cc1nc(CNc2nc(-c3cccnc3)nc3c2CCNC3)no1. The number of fused-ring (bicyclic) bond motifs is 1. The maximum Gasteiger partial charge on any atom is 0.226 e. The molecule has 0 spiro atoms. The summed E-state index contributed by atoms with van der Waals surface area (Å²) in [5.41, 5.74) is 3.06. The third-order valence-electron chi connectivity index (χ3n) is 4.36. The smallest absolute Gasteiger partial charge is 0.226 e. The summed E-state index contributed by atoms with van der Waals surface area (Å²) in [6, 6.07) is 3.85. The van der Waals surface area contributed by atoms with Crippen LogP contribution in [0.2, 0.25) is 0 Å². The second-order valence-corrected chi connectivity index (χ2v) is 7.05. The maximum atomic E-state index is 5.32. The molecule has 1 aliphatic rings. The second kappa shape index (κ2) is 7.79. The molecule has 140 valence electrons. The maximum absolute atomic E-state index is 5.32. The van der Waals surface area contributed by atoms with E-state index in [1.54, 1.807) is 12.4 Å². The van der Waals surface area contributed by atoms with Crippen LogP contribution in [0.4, 0.5) is 5.82 Å². The fraction of sp³-hybridized carbons (Fsp3) is 0.421. The summed E-state index contributed by atoms with van der Waals surface area (Å²) in [6.45, 7) is 6.37. The van der Waals surface area contributed by atoms with Crippen molar-refractivity contribution in [2.75, 3.05) is 11.9 Å². The predicted octanol–water partition coefficient (Wildman–Crippen LogP) is 2.38. The predicted molar refractivity (Wildman–Crippen MR) is 101 cm³/mol. The number of anilines is 1. The van der Waals surface area contributed by atoms with E-state index in [1.165, 1.54) is 0 Å². The number of rotatable bonds is 6. The number of nitrogens with zero attached hydrogens (tertiary/aromatic N) is 5. The molecule has 0 aromatic carbocycles. The number of pyridine rings is 1. The molecule has 4 rings (SSSR count). The van der Waals surface area contributed by atoms with Gasteiger partial charge in [0.15, 0.2) is 11.6 Å². The molecule has 3 aromatic rings. The Balaban J connectivity index is 1.58. The molecule has 2 N–H and O–H groups in total. The van der Waals surface area contributed by atoms with Crippen LogP contribution < -0.4 is 10.6 Å². The van der Waals surface area contributed by atoms with E-state index in [1.807, 2.05) is 12.1 Å². The fourth-order valence-corrected chi connectivity index (χ4v) is 3.09. The number of hydrogen-bond donors (Lipinski definition) is 2. The van der Waals surface area contributed by atoms with Gasteiger partial charge in [-0.2, -0.15) is 4.98 Å². The Morgan fingerprint density at radius 1 is 1.26 bits per heavy atom. The molecule has 0 aliphatic carbocycles. The first-order chi connectivity index (χ1) is 13.2. The normalized spacial score (nSPS) is 13.6. The highest BCUT2D eigenvalue weighted by Gasteiger charge is 2.19. The van der Waals surface area contributed by atoms with E-state index in [4.69, 9.17) is 14.5 Å². The van der Waals surface area contributed by atoms with Gasteiger partial charge in [0.1, 0.15) is 5.82 Å². The van der Waals surface area contributed by atoms with Crippen molar-refractivity contribution in [3.05, 3.63) is 47.5 Å². The number of aromatic nitrogens is 5. The molecule has 0 amide bonds. The van der Waals surface area contributed by atoms with Gasteiger partial charge in [-0.1, -0.05) is 19.0 Å². The molecule has 3 aromatic heterocycles. The van der Waals surface area contributed by atoms with Crippen molar-refractivity contribution < 1.29 is 4.52 Å². The van der Waals surface area contributed by atoms with Crippen LogP contribution in [0, 0.1) is 5.92 Å². The summed E-state index contributed by atoms with van der Waals surface area (Å²) < 4.78 is 5.32. The summed E-state index contributed by atoms with van der Waals surface area (Å²) in [5, 5.41) is 10.8. The molecule has 8 nitrogen and oxygen atoms in total. The molecule has 0 fully saturated rings. The number of nitrogens with one attached hydrogen (secondary N) is 2. The summed E-state index contributed by atoms with van der Waals surface area (Å²) in [6.07, 6.45) is 5.19. The van der Waals surface area contributed by atoms with Crippen LogP contribution in [-0.4, -0.2) is 31.6 Å². The largest absolute Gasteiger partial charge is 0.362 e. The molecule has 0 saturated carbocycles. The van der Waals surface area contributed by atoms with Gasteiger partial charge in [0.2, 0.25) is 5.89 Å². The van der Waals surface area contributed by atoms with E-state index in [-0.39, 0.29) is 0 Å². The molecule has 0 unspecified atom stereocenters. The van der Waals surface area contributed by atoms with Gasteiger partial charge in [-0.3, -0.25) is 4.98 Å². The highest BCUT2D eigenvalue weighted by Crippen LogP contribution is 2.24. The van der Waals surface area contributed by atoms with Crippen molar-refractivity contribution in [1.82, 2.24) is 30.4 Å². The summed E-state index contributed by atoms with van der Waals surface area (Å²) in [4.78, 5) is 18.1. The molecule has 0 saturated heterocycles. The highest BCUT2D eigenvalue weighted by molar-refractivity contribution is 5.59. The Labute approximate surface area is 157 Å². The van der Waals surface area contributed by atoms with E-state index in [2.05, 4.69) is 39.6 Å². The van der Waals surface area contributed by atoms with Crippen molar-refractivity contribution in [2.45, 2.75) is 39.8 Å². The Hall–Kier alpha value is -2.87. The number of hydrogen-bond acceptors (Lipinski definition) is 8. The average Bonchev–Trinajstić information content (AvgIpc) is 3.13. The van der Waals surface area contributed by atoms with Crippen LogP contribution in [-0.2, 0) is 25.9 Å². The Morgan fingerprint density at radius 3 is 3.00 bits per heavy atom. The van der Waals surface area contributed by atoms with Gasteiger partial charge >= 0.3 is 0 Å². The van der Waals surface area contributed by atoms with Gasteiger partial charge in [0.25, 0.3) is 0 Å². The van der Waals surface area contributed by atoms with Crippen LogP contribution in [0.3, 0.4) is 0 Å². The zero-order valence-electron chi connectivity index (χ0n) is 15.6. The van der Waals surface area contributed by atoms with Gasteiger partial charge in [0.05, 0.1) is 12.2 Å². The van der Waals surface area contributed by atoms with E-state index in [0.717, 1.165) is 48.6 Å². The quantitative estimate of drug-likeness (QED) is 0.686. The first kappa shape index (κ1) is 17.5. The summed E-state index contributed by atoms with van der Waals surface area (Å²) in [7, 11) is 0. The lowest BCUT2D eigenvalue weighted by Crippen LogP contribution is -2.26. The first-order valence-electron chi connectivity index (χ1n) is 9.25. The average molecular weight is 365 g/mol. The van der Waals surface area contributed by atoms with Crippen molar-refractivity contribution in [2.24, 2.45) is 5.92 Å². The second-order valence-electron chi connectivity index (χ2n) is 7.05. The summed E-state index contributed by atoms with van der Waals surface area (Å²) >= 11 is 0. The zero-order valence-corrected chi connectivity index (χ0v) is 15.6. The van der Waals surface area contributed by atoms with Crippen LogP contribution in [0.1, 0.15) is 36.8 Å². The van der Waals surface area contributed by atoms with Gasteiger partial charge < -0.3 is 15.2 Å². The minimum Gasteiger partial charge on any atom is -0.362 e. The minimum atomic E-state index is 0.463. The third kappa shape index (κ3) is 4.11. The molecule has 1 aliphatic heterocycles. The standard InChI is InChI=1S/C19H23N7O/c1-12(2)8-17-24-16(26-27-17)11-22-19-14-5-7-21-10-15(14)23-18(25-19)13-4-3-6-20-9-13/h3-4,6,9,12,21H,5,7-8,10-11H2,1-2H3,(H,22,23,25). The molecule has 27 heavy (non-hydrogen) atoms. The lowest BCUT2D eigenvalue weighted by molar-refractivity contribution is 0.359. The van der Waals surface area contributed by atoms with Crippen LogP contribution in [0.5, 0.6) is 0 Å². The topological polar surface area (TPSA) is 102 Å². The Morgan fingerprint density at radius 2 is 2.19 bits per heavy atom. The van der Waals surface area contributed by atoms with Gasteiger partial charge in [-0.05, 0) is 31.0 Å². The van der Waals surface area contributed by atoms with Crippen LogP contribution >= 0.6 is 0 Å². The molecule has 4 heterocycles. The van der Waals surface area contributed by atoms with E-state index in [9.17, 15) is 0 Å². The molecule has 0 radical (unpaired) electrons. The lowest BCUT2D eigenvalue weighted by Gasteiger charge is -2.20. The van der Waals surface area contributed by atoms with Crippen LogP contribution in [0.25, 0.3) is 11.4 Å². The van der Waals surface area contributed by atoms with Gasteiger partial charge in [-0.25, -0.2) is 9.97 Å². The highest BCUT2D eigenvalue weighted by atomic mass is 16.5. The zero-order chi connectivity index (χ0) is 18.6. The summed E-state index contributed by atoms with van der Waals surface area (Å²) in [5.74, 6) is 3.29. The van der Waals surface area contributed by atoms with E-state index in [0.29, 0.717) is 30.0 Å². The molecule has 8 heteroatoms. The monoisotopic (exact) mass is 365 g/mol. The first-order valence-corrected chi connectivity index (χ1v) is 9.25. The molecular formula is C19H23N7O. The lowest BCUT2D eigenvalue weighted by atomic mass is 10.1. The van der Waals surface area contributed by atoms with Crippen molar-refractivity contribution in [3.63, 3.8) is 0 Å². The molecular weight excluding hydrogens is 342 g/mol. The fourth-order valence-electron chi connectivity index (χ4n) is 3.09. The van der Waals surface area contributed by atoms with Gasteiger partial charge in [-0.15, -0.1) is 0 Å². The van der Waals surface area contributed by atoms with Crippen LogP contribution in [0.15, 0.2) is 29.0 Å². The minimum absolute atomic E-state index is 0.463. The van der Waals surface area contributed by atoms with Crippen molar-refractivity contribution >= 4 is 5.82 Å². The third-order valence-corrected chi connectivity index (χ3v) is 4.36. The van der Waals surface area contributed by atoms with Gasteiger partial charge in [0, 0.05) is 36.5 Å².